The highest BCUT2D eigenvalue weighted by Gasteiger charge is 2.37. The van der Waals surface area contributed by atoms with Crippen LogP contribution in [0.4, 0.5) is 0 Å². The minimum atomic E-state index is 0.0435. The SMILES string of the molecule is CCC1CCNC2(CCCSC2)O1. The summed E-state index contributed by atoms with van der Waals surface area (Å²) in [6, 6.07) is 0. The molecule has 0 saturated carbocycles. The summed E-state index contributed by atoms with van der Waals surface area (Å²) in [4.78, 5) is 0. The predicted octanol–water partition coefficient (Wildman–Crippen LogP) is 2.00. The van der Waals surface area contributed by atoms with Crippen LogP contribution < -0.4 is 5.32 Å². The maximum atomic E-state index is 6.13. The summed E-state index contributed by atoms with van der Waals surface area (Å²) >= 11 is 2.03. The van der Waals surface area contributed by atoms with Gasteiger partial charge in [0.25, 0.3) is 0 Å². The van der Waals surface area contributed by atoms with E-state index in [2.05, 4.69) is 12.2 Å². The highest BCUT2D eigenvalue weighted by atomic mass is 32.2. The highest BCUT2D eigenvalue weighted by Crippen LogP contribution is 2.32. The van der Waals surface area contributed by atoms with Gasteiger partial charge in [0.15, 0.2) is 0 Å². The summed E-state index contributed by atoms with van der Waals surface area (Å²) < 4.78 is 6.13. The molecule has 2 rings (SSSR count). The molecule has 0 aromatic carbocycles. The molecule has 0 aromatic heterocycles. The van der Waals surface area contributed by atoms with Gasteiger partial charge in [0, 0.05) is 12.3 Å². The Morgan fingerprint density at radius 2 is 2.54 bits per heavy atom. The van der Waals surface area contributed by atoms with Crippen molar-refractivity contribution in [2.75, 3.05) is 18.1 Å². The van der Waals surface area contributed by atoms with Crippen molar-refractivity contribution in [2.24, 2.45) is 0 Å². The Bertz CT molecular complexity index is 163. The first-order chi connectivity index (χ1) is 6.35. The van der Waals surface area contributed by atoms with Gasteiger partial charge in [-0.2, -0.15) is 11.8 Å². The summed E-state index contributed by atoms with van der Waals surface area (Å²) in [5.74, 6) is 2.45. The molecule has 2 heterocycles. The zero-order valence-electron chi connectivity index (χ0n) is 8.34. The number of hydrogen-bond acceptors (Lipinski definition) is 3. The summed E-state index contributed by atoms with van der Waals surface area (Å²) in [6.45, 7) is 3.36. The fourth-order valence-corrected chi connectivity index (χ4v) is 3.31. The summed E-state index contributed by atoms with van der Waals surface area (Å²) in [5, 5.41) is 3.56. The molecule has 2 fully saturated rings. The van der Waals surface area contributed by atoms with Gasteiger partial charge in [-0.15, -0.1) is 0 Å². The molecule has 0 amide bonds. The standard InChI is InChI=1S/C10H19NOS/c1-2-9-4-6-11-10(12-9)5-3-7-13-8-10/h9,11H,2-8H2,1H3. The lowest BCUT2D eigenvalue weighted by molar-refractivity contribution is -0.134. The van der Waals surface area contributed by atoms with Gasteiger partial charge in [0.05, 0.1) is 6.10 Å². The van der Waals surface area contributed by atoms with Gasteiger partial charge in [-0.25, -0.2) is 0 Å². The maximum absolute atomic E-state index is 6.13. The predicted molar refractivity (Wildman–Crippen MR) is 57.1 cm³/mol. The molecule has 2 nitrogen and oxygen atoms in total. The molecule has 13 heavy (non-hydrogen) atoms. The lowest BCUT2D eigenvalue weighted by Gasteiger charge is -2.44. The van der Waals surface area contributed by atoms with E-state index >= 15 is 0 Å². The van der Waals surface area contributed by atoms with Crippen molar-refractivity contribution in [3.63, 3.8) is 0 Å². The fourth-order valence-electron chi connectivity index (χ4n) is 2.17. The average molecular weight is 201 g/mol. The van der Waals surface area contributed by atoms with Crippen molar-refractivity contribution in [1.29, 1.82) is 0 Å². The number of ether oxygens (including phenoxy) is 1. The van der Waals surface area contributed by atoms with Crippen LogP contribution in [-0.4, -0.2) is 29.9 Å². The molecule has 0 aromatic rings. The Kier molecular flexibility index (Phi) is 3.17. The molecule has 2 atom stereocenters. The average Bonchev–Trinajstić information content (AvgIpc) is 2.19. The van der Waals surface area contributed by atoms with E-state index in [1.807, 2.05) is 11.8 Å². The van der Waals surface area contributed by atoms with Crippen LogP contribution in [0, 0.1) is 0 Å². The topological polar surface area (TPSA) is 21.3 Å². The third-order valence-electron chi connectivity index (χ3n) is 2.97. The van der Waals surface area contributed by atoms with E-state index in [1.54, 1.807) is 0 Å². The second kappa shape index (κ2) is 4.20. The van der Waals surface area contributed by atoms with Crippen LogP contribution in [0.2, 0.25) is 0 Å². The highest BCUT2D eigenvalue weighted by molar-refractivity contribution is 7.99. The Labute approximate surface area is 84.8 Å². The zero-order valence-corrected chi connectivity index (χ0v) is 9.16. The minimum Gasteiger partial charge on any atom is -0.357 e. The van der Waals surface area contributed by atoms with Gasteiger partial charge in [-0.05, 0) is 31.4 Å². The third-order valence-corrected chi connectivity index (χ3v) is 4.21. The van der Waals surface area contributed by atoms with Crippen LogP contribution in [0.15, 0.2) is 0 Å². The molecule has 0 radical (unpaired) electrons. The minimum absolute atomic E-state index is 0.0435. The molecule has 1 spiro atoms. The van der Waals surface area contributed by atoms with Crippen molar-refractivity contribution in [3.8, 4) is 0 Å². The van der Waals surface area contributed by atoms with E-state index in [0.29, 0.717) is 6.10 Å². The molecule has 2 aliphatic rings. The molecule has 3 heteroatoms. The molecule has 2 unspecified atom stereocenters. The largest absolute Gasteiger partial charge is 0.357 e. The Hall–Kier alpha value is 0.270. The monoisotopic (exact) mass is 201 g/mol. The van der Waals surface area contributed by atoms with Crippen LogP contribution in [0.5, 0.6) is 0 Å². The van der Waals surface area contributed by atoms with Gasteiger partial charge in [0.1, 0.15) is 5.72 Å². The second-order valence-electron chi connectivity index (χ2n) is 4.01. The van der Waals surface area contributed by atoms with E-state index in [0.717, 1.165) is 18.7 Å². The zero-order chi connectivity index (χ0) is 9.15. The lowest BCUT2D eigenvalue weighted by atomic mass is 10.0. The van der Waals surface area contributed by atoms with Crippen molar-refractivity contribution < 1.29 is 4.74 Å². The van der Waals surface area contributed by atoms with Crippen LogP contribution >= 0.6 is 11.8 Å². The van der Waals surface area contributed by atoms with E-state index in [1.165, 1.54) is 25.0 Å². The van der Waals surface area contributed by atoms with Gasteiger partial charge >= 0.3 is 0 Å². The fraction of sp³-hybridized carbons (Fsp3) is 1.00. The van der Waals surface area contributed by atoms with Gasteiger partial charge < -0.3 is 4.74 Å². The van der Waals surface area contributed by atoms with Gasteiger partial charge in [0.2, 0.25) is 0 Å². The maximum Gasteiger partial charge on any atom is 0.128 e. The quantitative estimate of drug-likeness (QED) is 0.701. The van der Waals surface area contributed by atoms with E-state index in [4.69, 9.17) is 4.74 Å². The molecule has 2 aliphatic heterocycles. The molecular formula is C10H19NOS. The Balaban J connectivity index is 1.95. The van der Waals surface area contributed by atoms with Crippen molar-refractivity contribution >= 4 is 11.8 Å². The van der Waals surface area contributed by atoms with Crippen LogP contribution in [-0.2, 0) is 4.74 Å². The Morgan fingerprint density at radius 3 is 3.23 bits per heavy atom. The third kappa shape index (κ3) is 2.20. The van der Waals surface area contributed by atoms with Gasteiger partial charge in [-0.1, -0.05) is 6.92 Å². The van der Waals surface area contributed by atoms with E-state index < -0.39 is 0 Å². The summed E-state index contributed by atoms with van der Waals surface area (Å²) in [7, 11) is 0. The molecule has 0 aliphatic carbocycles. The van der Waals surface area contributed by atoms with E-state index in [9.17, 15) is 0 Å². The van der Waals surface area contributed by atoms with Crippen molar-refractivity contribution in [2.45, 2.75) is 44.4 Å². The van der Waals surface area contributed by atoms with Crippen molar-refractivity contribution in [3.05, 3.63) is 0 Å². The van der Waals surface area contributed by atoms with E-state index in [-0.39, 0.29) is 5.72 Å². The molecule has 1 N–H and O–H groups in total. The summed E-state index contributed by atoms with van der Waals surface area (Å²) in [5.41, 5.74) is 0.0435. The molecule has 0 bridgehead atoms. The van der Waals surface area contributed by atoms with Crippen molar-refractivity contribution in [1.82, 2.24) is 5.32 Å². The summed E-state index contributed by atoms with van der Waals surface area (Å²) in [6.07, 6.45) is 5.35. The number of nitrogens with one attached hydrogen (secondary N) is 1. The smallest absolute Gasteiger partial charge is 0.128 e. The first kappa shape index (κ1) is 9.81. The van der Waals surface area contributed by atoms with Crippen LogP contribution in [0.25, 0.3) is 0 Å². The normalized spacial score (nSPS) is 40.8. The first-order valence-electron chi connectivity index (χ1n) is 5.35. The van der Waals surface area contributed by atoms with Crippen LogP contribution in [0.3, 0.4) is 0 Å². The first-order valence-corrected chi connectivity index (χ1v) is 6.51. The number of rotatable bonds is 1. The van der Waals surface area contributed by atoms with Crippen LogP contribution in [0.1, 0.15) is 32.6 Å². The number of thioether (sulfide) groups is 1. The Morgan fingerprint density at radius 1 is 1.62 bits per heavy atom. The molecular weight excluding hydrogens is 182 g/mol. The molecule has 76 valence electrons. The van der Waals surface area contributed by atoms with Gasteiger partial charge in [-0.3, -0.25) is 5.32 Å². The lowest BCUT2D eigenvalue weighted by Crippen LogP contribution is -2.57. The number of hydrogen-bond donors (Lipinski definition) is 1. The molecule has 2 saturated heterocycles. The second-order valence-corrected chi connectivity index (χ2v) is 5.12.